The van der Waals surface area contributed by atoms with Gasteiger partial charge in [-0.25, -0.2) is 0 Å². The van der Waals surface area contributed by atoms with E-state index in [1.54, 1.807) is 27.7 Å². The lowest BCUT2D eigenvalue weighted by Gasteiger charge is -2.32. The lowest BCUT2D eigenvalue weighted by atomic mass is 9.74. The number of amides is 3. The molecule has 0 heterocycles. The summed E-state index contributed by atoms with van der Waals surface area (Å²) >= 11 is 0. The highest BCUT2D eigenvalue weighted by molar-refractivity contribution is 5.88. The van der Waals surface area contributed by atoms with Gasteiger partial charge in [0.05, 0.1) is 6.54 Å². The molecule has 0 radical (unpaired) electrons. The van der Waals surface area contributed by atoms with Crippen molar-refractivity contribution in [2.75, 3.05) is 19.6 Å². The highest BCUT2D eigenvalue weighted by atomic mass is 16.2. The molecule has 28 heavy (non-hydrogen) atoms. The first-order chi connectivity index (χ1) is 13.0. The highest BCUT2D eigenvalue weighted by Crippen LogP contribution is 2.34. The van der Waals surface area contributed by atoms with E-state index in [1.807, 2.05) is 41.5 Å². The molecule has 0 aliphatic heterocycles. The zero-order valence-corrected chi connectivity index (χ0v) is 20.0. The van der Waals surface area contributed by atoms with Gasteiger partial charge in [0, 0.05) is 23.9 Å². The number of hydrogen-bond donors (Lipinski definition) is 3. The van der Waals surface area contributed by atoms with E-state index in [4.69, 9.17) is 0 Å². The maximum atomic E-state index is 12.2. The van der Waals surface area contributed by atoms with E-state index < -0.39 is 10.8 Å². The molecule has 0 saturated heterocycles. The Morgan fingerprint density at radius 2 is 1.14 bits per heavy atom. The third-order valence-corrected chi connectivity index (χ3v) is 3.25. The summed E-state index contributed by atoms with van der Waals surface area (Å²) in [6.07, 6.45) is 0.899. The molecule has 0 aromatic carbocycles. The number of hydrogen-bond acceptors (Lipinski definition) is 4. The quantitative estimate of drug-likeness (QED) is 0.385. The Labute approximate surface area is 172 Å². The first-order valence-electron chi connectivity index (χ1n) is 10.3. The zero-order valence-electron chi connectivity index (χ0n) is 20.0. The molecular weight excluding hydrogens is 358 g/mol. The normalized spacial score (nSPS) is 9.68. The largest absolute Gasteiger partial charge is 0.357 e. The molecule has 168 valence electrons. The lowest BCUT2D eigenvalue weighted by Crippen LogP contribution is -2.46. The van der Waals surface area contributed by atoms with Crippen molar-refractivity contribution in [3.05, 3.63) is 0 Å². The molecule has 0 aliphatic rings. The Morgan fingerprint density at radius 3 is 1.50 bits per heavy atom. The Morgan fingerprint density at radius 1 is 0.750 bits per heavy atom. The molecule has 0 saturated carbocycles. The Kier molecular flexibility index (Phi) is 23.8. The molecule has 0 bridgehead atoms. The van der Waals surface area contributed by atoms with Gasteiger partial charge in [0.15, 0.2) is 0 Å². The van der Waals surface area contributed by atoms with Gasteiger partial charge in [-0.1, -0.05) is 69.2 Å². The van der Waals surface area contributed by atoms with Gasteiger partial charge >= 0.3 is 0 Å². The molecule has 0 aromatic rings. The highest BCUT2D eigenvalue weighted by Gasteiger charge is 2.38. The minimum absolute atomic E-state index is 0.00769. The van der Waals surface area contributed by atoms with E-state index >= 15 is 0 Å². The van der Waals surface area contributed by atoms with Crippen molar-refractivity contribution in [1.82, 2.24) is 16.0 Å². The third kappa shape index (κ3) is 17.5. The predicted octanol–water partition coefficient (Wildman–Crippen LogP) is 3.07. The average Bonchev–Trinajstić information content (AvgIpc) is 2.67. The molecule has 7 heteroatoms. The fourth-order valence-corrected chi connectivity index (χ4v) is 2.26. The van der Waals surface area contributed by atoms with E-state index in [1.165, 1.54) is 6.92 Å². The Balaban J connectivity index is -0.000000434. The van der Waals surface area contributed by atoms with E-state index in [0.29, 0.717) is 25.9 Å². The smallest absolute Gasteiger partial charge is 0.226 e. The summed E-state index contributed by atoms with van der Waals surface area (Å²) in [5.41, 5.74) is -1.53. The molecule has 0 spiro atoms. The lowest BCUT2D eigenvalue weighted by molar-refractivity contribution is -0.136. The fraction of sp³-hybridized carbons (Fsp3) is 0.810. The van der Waals surface area contributed by atoms with E-state index in [0.717, 1.165) is 0 Å². The van der Waals surface area contributed by atoms with Crippen molar-refractivity contribution >= 4 is 24.0 Å². The number of nitrogens with one attached hydrogen (secondary N) is 3. The van der Waals surface area contributed by atoms with Crippen LogP contribution < -0.4 is 16.0 Å². The standard InChI is InChI=1S/C15H27N3O4.3C2H6/c1-11(20)8-18-13(22)15(4,5)9-14(2,3)12(21)17-7-6-16-10-19;3*1-2/h10H,6-9H2,1-5H3,(H,16,19)(H,17,21)(H,18,22);3*1-2H3. The first kappa shape index (κ1) is 33.6. The van der Waals surface area contributed by atoms with Crippen molar-refractivity contribution in [2.45, 2.75) is 82.6 Å². The van der Waals surface area contributed by atoms with Gasteiger partial charge in [-0.3, -0.25) is 19.2 Å². The van der Waals surface area contributed by atoms with E-state index in [2.05, 4.69) is 16.0 Å². The van der Waals surface area contributed by atoms with Crippen LogP contribution in [-0.2, 0) is 19.2 Å². The summed E-state index contributed by atoms with van der Waals surface area (Å²) in [7, 11) is 0. The second-order valence-corrected chi connectivity index (χ2v) is 6.66. The van der Waals surface area contributed by atoms with Gasteiger partial charge in [0.2, 0.25) is 18.2 Å². The topological polar surface area (TPSA) is 104 Å². The average molecular weight is 404 g/mol. The minimum Gasteiger partial charge on any atom is -0.357 e. The molecule has 0 aromatic heterocycles. The molecule has 3 N–H and O–H groups in total. The van der Waals surface area contributed by atoms with Gasteiger partial charge in [-0.15, -0.1) is 0 Å². The molecular formula is C21H45N3O4. The maximum Gasteiger partial charge on any atom is 0.226 e. The summed E-state index contributed by atoms with van der Waals surface area (Å²) in [6, 6.07) is 0. The Hall–Kier alpha value is -1.92. The van der Waals surface area contributed by atoms with Gasteiger partial charge in [0.1, 0.15) is 5.78 Å². The SMILES string of the molecule is CC.CC.CC.CC(=O)CNC(=O)C(C)(C)CC(C)(C)C(=O)NCCNC=O. The summed E-state index contributed by atoms with van der Waals surface area (Å²) in [6.45, 7) is 21.1. The van der Waals surface area contributed by atoms with Crippen LogP contribution in [0.25, 0.3) is 0 Å². The molecule has 0 rings (SSSR count). The van der Waals surface area contributed by atoms with Crippen molar-refractivity contribution in [1.29, 1.82) is 0 Å². The van der Waals surface area contributed by atoms with Crippen LogP contribution in [0.3, 0.4) is 0 Å². The summed E-state index contributed by atoms with van der Waals surface area (Å²) < 4.78 is 0. The van der Waals surface area contributed by atoms with Crippen LogP contribution in [0.4, 0.5) is 0 Å². The second kappa shape index (κ2) is 19.8. The van der Waals surface area contributed by atoms with Crippen LogP contribution in [0.2, 0.25) is 0 Å². The molecule has 3 amide bonds. The van der Waals surface area contributed by atoms with Gasteiger partial charge in [0.25, 0.3) is 0 Å². The number of Topliss-reactive ketones (excluding diaryl/α,β-unsaturated/α-hetero) is 1. The van der Waals surface area contributed by atoms with E-state index in [9.17, 15) is 19.2 Å². The van der Waals surface area contributed by atoms with Crippen molar-refractivity contribution < 1.29 is 19.2 Å². The second-order valence-electron chi connectivity index (χ2n) is 6.66. The first-order valence-corrected chi connectivity index (χ1v) is 10.3. The van der Waals surface area contributed by atoms with Crippen molar-refractivity contribution in [2.24, 2.45) is 10.8 Å². The van der Waals surface area contributed by atoms with Gasteiger partial charge in [-0.05, 0) is 13.3 Å². The van der Waals surface area contributed by atoms with Crippen LogP contribution >= 0.6 is 0 Å². The van der Waals surface area contributed by atoms with Crippen LogP contribution in [0, 0.1) is 10.8 Å². The molecule has 0 unspecified atom stereocenters. The number of carbonyl (C=O) groups is 4. The van der Waals surface area contributed by atoms with Crippen LogP contribution in [0.5, 0.6) is 0 Å². The van der Waals surface area contributed by atoms with E-state index in [-0.39, 0.29) is 24.1 Å². The molecule has 0 aliphatic carbocycles. The zero-order chi connectivity index (χ0) is 23.4. The number of rotatable bonds is 10. The molecule has 7 nitrogen and oxygen atoms in total. The van der Waals surface area contributed by atoms with Crippen LogP contribution in [-0.4, -0.2) is 43.6 Å². The van der Waals surface area contributed by atoms with Crippen molar-refractivity contribution in [3.63, 3.8) is 0 Å². The maximum absolute atomic E-state index is 12.2. The Bertz CT molecular complexity index is 433. The number of ketones is 1. The minimum atomic E-state index is -0.780. The summed E-state index contributed by atoms with van der Waals surface area (Å²) in [5, 5.41) is 7.76. The monoisotopic (exact) mass is 403 g/mol. The van der Waals surface area contributed by atoms with Gasteiger partial charge in [-0.2, -0.15) is 0 Å². The van der Waals surface area contributed by atoms with Crippen LogP contribution in [0.1, 0.15) is 82.6 Å². The molecule has 0 atom stereocenters. The number of carbonyl (C=O) groups excluding carboxylic acids is 4. The predicted molar refractivity (Wildman–Crippen MR) is 117 cm³/mol. The summed E-state index contributed by atoms with van der Waals surface area (Å²) in [5.74, 6) is -0.567. The molecule has 0 fully saturated rings. The van der Waals surface area contributed by atoms with Crippen molar-refractivity contribution in [3.8, 4) is 0 Å². The third-order valence-electron chi connectivity index (χ3n) is 3.25. The van der Waals surface area contributed by atoms with Crippen LogP contribution in [0.15, 0.2) is 0 Å². The summed E-state index contributed by atoms with van der Waals surface area (Å²) in [4.78, 5) is 45.4. The van der Waals surface area contributed by atoms with Gasteiger partial charge < -0.3 is 16.0 Å². The fourth-order valence-electron chi connectivity index (χ4n) is 2.26.